The number of aryl methyl sites for hydroxylation is 1. The first kappa shape index (κ1) is 16.8. The molecule has 0 aliphatic heterocycles. The Morgan fingerprint density at radius 1 is 1.15 bits per heavy atom. The molecule has 0 aliphatic rings. The van der Waals surface area contributed by atoms with Crippen molar-refractivity contribution in [3.05, 3.63) is 16.8 Å². The molecular formula is C13H24N4O2S. The maximum atomic E-state index is 11.3. The summed E-state index contributed by atoms with van der Waals surface area (Å²) in [5, 5.41) is 8.48. The van der Waals surface area contributed by atoms with Crippen LogP contribution in [0, 0.1) is 0 Å². The molecule has 0 saturated heterocycles. The van der Waals surface area contributed by atoms with Gasteiger partial charge in [-0.15, -0.1) is 5.10 Å². The van der Waals surface area contributed by atoms with Gasteiger partial charge in [0.1, 0.15) is 9.84 Å². The molecule has 1 aromatic rings. The van der Waals surface area contributed by atoms with Crippen molar-refractivity contribution >= 4 is 15.7 Å². The number of sulfone groups is 1. The van der Waals surface area contributed by atoms with E-state index in [0.717, 1.165) is 29.7 Å². The van der Waals surface area contributed by atoms with E-state index in [9.17, 15) is 8.42 Å². The Morgan fingerprint density at radius 3 is 2.25 bits per heavy atom. The van der Waals surface area contributed by atoms with Gasteiger partial charge in [0.15, 0.2) is 5.82 Å². The molecule has 0 aromatic carbocycles. The highest BCUT2D eigenvalue weighted by molar-refractivity contribution is 7.90. The maximum absolute atomic E-state index is 11.3. The minimum absolute atomic E-state index is 0.0895. The zero-order chi connectivity index (χ0) is 15.3. The number of nitrogens with zero attached hydrogens (tertiary/aromatic N) is 3. The highest BCUT2D eigenvalue weighted by atomic mass is 32.2. The van der Waals surface area contributed by atoms with Crippen molar-refractivity contribution in [1.29, 1.82) is 0 Å². The van der Waals surface area contributed by atoms with E-state index in [4.69, 9.17) is 5.73 Å². The third-order valence-electron chi connectivity index (χ3n) is 3.30. The molecule has 0 radical (unpaired) electrons. The fourth-order valence-electron chi connectivity index (χ4n) is 2.17. The van der Waals surface area contributed by atoms with E-state index < -0.39 is 9.84 Å². The number of aromatic nitrogens is 2. The van der Waals surface area contributed by atoms with Crippen molar-refractivity contribution in [1.82, 2.24) is 10.2 Å². The molecule has 0 bridgehead atoms. The minimum atomic E-state index is -3.00. The van der Waals surface area contributed by atoms with Crippen LogP contribution in [0.25, 0.3) is 0 Å². The molecule has 114 valence electrons. The lowest BCUT2D eigenvalue weighted by Crippen LogP contribution is -2.28. The predicted molar refractivity (Wildman–Crippen MR) is 81.7 cm³/mol. The Morgan fingerprint density at radius 2 is 1.80 bits per heavy atom. The number of nitrogens with two attached hydrogens (primary N) is 1. The molecular weight excluding hydrogens is 276 g/mol. The van der Waals surface area contributed by atoms with Crippen LogP contribution < -0.4 is 10.6 Å². The second kappa shape index (κ2) is 6.99. The maximum Gasteiger partial charge on any atom is 0.155 e. The number of hydrogen-bond donors (Lipinski definition) is 1. The Labute approximate surface area is 121 Å². The molecule has 1 heterocycles. The quantitative estimate of drug-likeness (QED) is 0.790. The summed E-state index contributed by atoms with van der Waals surface area (Å²) in [6.07, 6.45) is 2.89. The molecule has 0 atom stereocenters. The van der Waals surface area contributed by atoms with Crippen LogP contribution in [0.1, 0.15) is 30.7 Å². The molecule has 0 amide bonds. The summed E-state index contributed by atoms with van der Waals surface area (Å²) < 4.78 is 22.5. The van der Waals surface area contributed by atoms with Gasteiger partial charge in [-0.1, -0.05) is 13.8 Å². The van der Waals surface area contributed by atoms with Crippen molar-refractivity contribution in [3.8, 4) is 0 Å². The normalized spacial score (nSPS) is 11.7. The van der Waals surface area contributed by atoms with E-state index >= 15 is 0 Å². The zero-order valence-electron chi connectivity index (χ0n) is 12.7. The van der Waals surface area contributed by atoms with Crippen LogP contribution in [-0.2, 0) is 29.2 Å². The van der Waals surface area contributed by atoms with Crippen LogP contribution in [-0.4, -0.2) is 44.2 Å². The number of anilines is 1. The molecule has 7 heteroatoms. The Balaban J connectivity index is 3.11. The van der Waals surface area contributed by atoms with E-state index in [1.54, 1.807) is 0 Å². The standard InChI is InChI=1S/C13H24N4O2S/c1-5-10-11(9-14)13(16-15-12(10)6-2)17(3)7-8-20(4,18)19/h5-9,14H2,1-4H3. The lowest BCUT2D eigenvalue weighted by molar-refractivity contribution is 0.600. The van der Waals surface area contributed by atoms with Gasteiger partial charge in [0.05, 0.1) is 11.4 Å². The molecule has 1 aromatic heterocycles. The van der Waals surface area contributed by atoms with E-state index in [0.29, 0.717) is 18.9 Å². The van der Waals surface area contributed by atoms with Gasteiger partial charge in [0, 0.05) is 32.0 Å². The molecule has 0 spiro atoms. The second-order valence-electron chi connectivity index (χ2n) is 4.89. The smallest absolute Gasteiger partial charge is 0.155 e. The van der Waals surface area contributed by atoms with E-state index in [-0.39, 0.29) is 5.75 Å². The summed E-state index contributed by atoms with van der Waals surface area (Å²) in [4.78, 5) is 1.81. The van der Waals surface area contributed by atoms with Crippen LogP contribution in [0.15, 0.2) is 0 Å². The number of rotatable bonds is 7. The lowest BCUT2D eigenvalue weighted by Gasteiger charge is -2.22. The van der Waals surface area contributed by atoms with E-state index in [1.165, 1.54) is 6.26 Å². The van der Waals surface area contributed by atoms with Gasteiger partial charge >= 0.3 is 0 Å². The summed E-state index contributed by atoms with van der Waals surface area (Å²) in [5.41, 5.74) is 8.92. The first-order chi connectivity index (χ1) is 9.34. The summed E-state index contributed by atoms with van der Waals surface area (Å²) in [6.45, 7) is 4.87. The first-order valence-corrected chi connectivity index (χ1v) is 8.86. The highest BCUT2D eigenvalue weighted by Crippen LogP contribution is 2.22. The van der Waals surface area contributed by atoms with E-state index in [1.807, 2.05) is 18.9 Å². The van der Waals surface area contributed by atoms with Crippen molar-refractivity contribution in [2.45, 2.75) is 33.2 Å². The zero-order valence-corrected chi connectivity index (χ0v) is 13.5. The summed E-state index contributed by atoms with van der Waals surface area (Å²) >= 11 is 0. The predicted octanol–water partition coefficient (Wildman–Crippen LogP) is 0.541. The SMILES string of the molecule is CCc1nnc(N(C)CCS(C)(=O)=O)c(CN)c1CC. The van der Waals surface area contributed by atoms with Crippen molar-refractivity contribution in [2.75, 3.05) is 30.5 Å². The molecule has 0 fully saturated rings. The summed E-state index contributed by atoms with van der Waals surface area (Å²) in [5.74, 6) is 0.775. The van der Waals surface area contributed by atoms with Crippen LogP contribution in [0.4, 0.5) is 5.82 Å². The van der Waals surface area contributed by atoms with Gasteiger partial charge in [-0.05, 0) is 18.4 Å². The molecule has 0 saturated carbocycles. The topological polar surface area (TPSA) is 89.2 Å². The monoisotopic (exact) mass is 300 g/mol. The molecule has 20 heavy (non-hydrogen) atoms. The second-order valence-corrected chi connectivity index (χ2v) is 7.15. The third kappa shape index (κ3) is 4.14. The van der Waals surface area contributed by atoms with Crippen molar-refractivity contribution in [2.24, 2.45) is 5.73 Å². The van der Waals surface area contributed by atoms with Crippen LogP contribution in [0.5, 0.6) is 0 Å². The molecule has 6 nitrogen and oxygen atoms in total. The van der Waals surface area contributed by atoms with Crippen LogP contribution in [0.2, 0.25) is 0 Å². The largest absolute Gasteiger partial charge is 0.357 e. The fourth-order valence-corrected chi connectivity index (χ4v) is 2.77. The average Bonchev–Trinajstić information content (AvgIpc) is 2.41. The van der Waals surface area contributed by atoms with Gasteiger partial charge < -0.3 is 10.6 Å². The van der Waals surface area contributed by atoms with Gasteiger partial charge in [-0.3, -0.25) is 0 Å². The third-order valence-corrected chi connectivity index (χ3v) is 4.22. The summed E-state index contributed by atoms with van der Waals surface area (Å²) in [7, 11) is -1.18. The van der Waals surface area contributed by atoms with Crippen molar-refractivity contribution in [3.63, 3.8) is 0 Å². The van der Waals surface area contributed by atoms with Crippen LogP contribution >= 0.6 is 0 Å². The number of hydrogen-bond acceptors (Lipinski definition) is 6. The van der Waals surface area contributed by atoms with E-state index in [2.05, 4.69) is 17.1 Å². The molecule has 2 N–H and O–H groups in total. The average molecular weight is 300 g/mol. The Kier molecular flexibility index (Phi) is 5.88. The Bertz CT molecular complexity index is 558. The van der Waals surface area contributed by atoms with Gasteiger partial charge in [-0.2, -0.15) is 5.10 Å². The molecule has 1 rings (SSSR count). The van der Waals surface area contributed by atoms with Gasteiger partial charge in [0.25, 0.3) is 0 Å². The first-order valence-electron chi connectivity index (χ1n) is 6.80. The molecule has 0 aliphatic carbocycles. The fraction of sp³-hybridized carbons (Fsp3) is 0.692. The molecule has 0 unspecified atom stereocenters. The van der Waals surface area contributed by atoms with Crippen LogP contribution in [0.3, 0.4) is 0 Å². The van der Waals surface area contributed by atoms with Gasteiger partial charge in [0.2, 0.25) is 0 Å². The van der Waals surface area contributed by atoms with Gasteiger partial charge in [-0.25, -0.2) is 8.42 Å². The van der Waals surface area contributed by atoms with Crippen molar-refractivity contribution < 1.29 is 8.42 Å². The lowest BCUT2D eigenvalue weighted by atomic mass is 10.0. The Hall–Kier alpha value is -1.21. The minimum Gasteiger partial charge on any atom is -0.357 e. The summed E-state index contributed by atoms with van der Waals surface area (Å²) in [6, 6.07) is 0. The highest BCUT2D eigenvalue weighted by Gasteiger charge is 2.17.